The molecule has 0 unspecified atom stereocenters. The Kier molecular flexibility index (Phi) is 11.2. The van der Waals surface area contributed by atoms with Crippen LogP contribution in [-0.4, -0.2) is 56.9 Å². The van der Waals surface area contributed by atoms with E-state index in [-0.39, 0.29) is 24.4 Å². The zero-order chi connectivity index (χ0) is 25.6. The van der Waals surface area contributed by atoms with Gasteiger partial charge in [-0.3, -0.25) is 14.4 Å². The molecule has 0 atom stereocenters. The highest BCUT2D eigenvalue weighted by molar-refractivity contribution is 6.35. The summed E-state index contributed by atoms with van der Waals surface area (Å²) < 4.78 is 16.4. The Morgan fingerprint density at radius 2 is 1.83 bits per heavy atom. The highest BCUT2D eigenvalue weighted by Gasteiger charge is 2.14. The lowest BCUT2D eigenvalue weighted by Crippen LogP contribution is -2.38. The number of benzene rings is 2. The average Bonchev–Trinajstić information content (AvgIpc) is 2.83. The first-order valence-electron chi connectivity index (χ1n) is 11.2. The summed E-state index contributed by atoms with van der Waals surface area (Å²) in [5.41, 5.74) is 4.23. The minimum Gasteiger partial charge on any atom is -0.493 e. The molecule has 0 fully saturated rings. The molecule has 3 N–H and O–H groups in total. The van der Waals surface area contributed by atoms with Crippen molar-refractivity contribution < 1.29 is 28.6 Å². The first-order valence-corrected chi connectivity index (χ1v) is 11.2. The molecule has 0 aliphatic heterocycles. The smallest absolute Gasteiger partial charge is 0.329 e. The standard InChI is InChI=1S/C25H32N4O6/c1-17(2)34-14-8-13-26-24(31)25(32)29-27-15-19-10-7-12-21(33-4)23(19)35-16-22(30)28-20-11-6-5-9-18(20)3/h5-7,9-12,15,17H,8,13-14,16H2,1-4H3,(H,26,31)(H,28,30)(H,29,32)/b27-15-. The number of rotatable bonds is 12. The second-order valence-corrected chi connectivity index (χ2v) is 7.76. The maximum absolute atomic E-state index is 12.4. The molecular formula is C25H32N4O6. The Hall–Kier alpha value is -3.92. The van der Waals surface area contributed by atoms with Crippen LogP contribution >= 0.6 is 0 Å². The van der Waals surface area contributed by atoms with Gasteiger partial charge >= 0.3 is 11.8 Å². The van der Waals surface area contributed by atoms with Crippen LogP contribution in [0.3, 0.4) is 0 Å². The van der Waals surface area contributed by atoms with Crippen LogP contribution in [0.25, 0.3) is 0 Å². The van der Waals surface area contributed by atoms with Gasteiger partial charge in [0.05, 0.1) is 19.4 Å². The van der Waals surface area contributed by atoms with E-state index in [9.17, 15) is 14.4 Å². The minimum absolute atomic E-state index is 0.108. The molecule has 0 aromatic heterocycles. The van der Waals surface area contributed by atoms with Gasteiger partial charge in [0.25, 0.3) is 5.91 Å². The number of para-hydroxylation sites is 2. The molecule has 188 valence electrons. The fraction of sp³-hybridized carbons (Fsp3) is 0.360. The van der Waals surface area contributed by atoms with E-state index < -0.39 is 11.8 Å². The van der Waals surface area contributed by atoms with Gasteiger partial charge < -0.3 is 24.8 Å². The van der Waals surface area contributed by atoms with Crippen LogP contribution in [0.1, 0.15) is 31.4 Å². The monoisotopic (exact) mass is 484 g/mol. The molecule has 0 aliphatic rings. The Morgan fingerprint density at radius 3 is 2.54 bits per heavy atom. The van der Waals surface area contributed by atoms with Crippen LogP contribution < -0.4 is 25.5 Å². The molecule has 2 aromatic carbocycles. The number of nitrogens with one attached hydrogen (secondary N) is 3. The van der Waals surface area contributed by atoms with Crippen molar-refractivity contribution in [1.29, 1.82) is 0 Å². The van der Waals surface area contributed by atoms with Gasteiger partial charge in [-0.05, 0) is 51.0 Å². The highest BCUT2D eigenvalue weighted by Crippen LogP contribution is 2.30. The van der Waals surface area contributed by atoms with Gasteiger partial charge in [0.2, 0.25) is 0 Å². The van der Waals surface area contributed by atoms with Crippen molar-refractivity contribution >= 4 is 29.6 Å². The molecule has 0 spiro atoms. The predicted octanol–water partition coefficient (Wildman–Crippen LogP) is 2.40. The van der Waals surface area contributed by atoms with Gasteiger partial charge in [-0.25, -0.2) is 5.43 Å². The minimum atomic E-state index is -0.908. The van der Waals surface area contributed by atoms with Crippen LogP contribution in [0, 0.1) is 6.92 Å². The second-order valence-electron chi connectivity index (χ2n) is 7.76. The molecule has 3 amide bonds. The summed E-state index contributed by atoms with van der Waals surface area (Å²) in [7, 11) is 1.47. The van der Waals surface area contributed by atoms with Crippen molar-refractivity contribution in [3.63, 3.8) is 0 Å². The molecular weight excluding hydrogens is 452 g/mol. The zero-order valence-corrected chi connectivity index (χ0v) is 20.4. The van der Waals surface area contributed by atoms with Crippen LogP contribution in [0.15, 0.2) is 47.6 Å². The third kappa shape index (κ3) is 9.46. The van der Waals surface area contributed by atoms with Crippen molar-refractivity contribution in [2.45, 2.75) is 33.3 Å². The van der Waals surface area contributed by atoms with E-state index in [4.69, 9.17) is 14.2 Å². The van der Waals surface area contributed by atoms with Gasteiger partial charge in [-0.2, -0.15) is 5.10 Å². The lowest BCUT2D eigenvalue weighted by atomic mass is 10.2. The molecule has 10 heteroatoms. The van der Waals surface area contributed by atoms with Crippen molar-refractivity contribution in [2.75, 3.05) is 32.2 Å². The summed E-state index contributed by atoms with van der Waals surface area (Å²) >= 11 is 0. The molecule has 0 radical (unpaired) electrons. The van der Waals surface area contributed by atoms with E-state index >= 15 is 0 Å². The first kappa shape index (κ1) is 27.3. The largest absolute Gasteiger partial charge is 0.493 e. The van der Waals surface area contributed by atoms with E-state index in [2.05, 4.69) is 21.2 Å². The molecule has 2 rings (SSSR count). The summed E-state index contributed by atoms with van der Waals surface area (Å²) in [6.45, 7) is 6.25. The lowest BCUT2D eigenvalue weighted by molar-refractivity contribution is -0.139. The molecule has 0 bridgehead atoms. The highest BCUT2D eigenvalue weighted by atomic mass is 16.5. The zero-order valence-electron chi connectivity index (χ0n) is 20.4. The van der Waals surface area contributed by atoms with Gasteiger partial charge in [-0.1, -0.05) is 24.3 Å². The van der Waals surface area contributed by atoms with Crippen molar-refractivity contribution in [1.82, 2.24) is 10.7 Å². The maximum atomic E-state index is 12.4. The summed E-state index contributed by atoms with van der Waals surface area (Å²) in [6.07, 6.45) is 2.00. The van der Waals surface area contributed by atoms with Crippen LogP contribution in [0.2, 0.25) is 0 Å². The van der Waals surface area contributed by atoms with Crippen LogP contribution in [0.5, 0.6) is 11.5 Å². The SMILES string of the molecule is COc1cccc(/C=N\NC(=O)C(=O)NCCCOC(C)C)c1OCC(=O)Nc1ccccc1C. The Balaban J connectivity index is 1.92. The molecule has 0 saturated heterocycles. The molecule has 0 heterocycles. The number of ether oxygens (including phenoxy) is 3. The number of carbonyl (C=O) groups excluding carboxylic acids is 3. The number of hydrazone groups is 1. The number of amides is 3. The molecule has 2 aromatic rings. The summed E-state index contributed by atoms with van der Waals surface area (Å²) in [5.74, 6) is -1.42. The molecule has 0 saturated carbocycles. The Morgan fingerprint density at radius 1 is 1.06 bits per heavy atom. The number of anilines is 1. The third-order valence-corrected chi connectivity index (χ3v) is 4.63. The fourth-order valence-corrected chi connectivity index (χ4v) is 2.87. The first-order chi connectivity index (χ1) is 16.8. The number of nitrogens with zero attached hydrogens (tertiary/aromatic N) is 1. The average molecular weight is 485 g/mol. The van der Waals surface area contributed by atoms with Gasteiger partial charge in [0.1, 0.15) is 0 Å². The van der Waals surface area contributed by atoms with Crippen molar-refractivity contribution in [3.8, 4) is 11.5 Å². The van der Waals surface area contributed by atoms with Gasteiger partial charge in [-0.15, -0.1) is 0 Å². The summed E-state index contributed by atoms with van der Waals surface area (Å²) in [4.78, 5) is 36.2. The number of methoxy groups -OCH3 is 1. The van der Waals surface area contributed by atoms with Crippen molar-refractivity contribution in [3.05, 3.63) is 53.6 Å². The third-order valence-electron chi connectivity index (χ3n) is 4.63. The molecule has 35 heavy (non-hydrogen) atoms. The number of hydrogen-bond acceptors (Lipinski definition) is 7. The molecule has 10 nitrogen and oxygen atoms in total. The second kappa shape index (κ2) is 14.4. The predicted molar refractivity (Wildman–Crippen MR) is 133 cm³/mol. The normalized spacial score (nSPS) is 10.8. The topological polar surface area (TPSA) is 127 Å². The lowest BCUT2D eigenvalue weighted by Gasteiger charge is -2.13. The number of carbonyl (C=O) groups is 3. The maximum Gasteiger partial charge on any atom is 0.329 e. The number of hydrogen-bond donors (Lipinski definition) is 3. The number of aryl methyl sites for hydroxylation is 1. The van der Waals surface area contributed by atoms with E-state index in [1.165, 1.54) is 13.3 Å². The van der Waals surface area contributed by atoms with E-state index in [1.807, 2.05) is 39.0 Å². The van der Waals surface area contributed by atoms with E-state index in [0.717, 1.165) is 5.56 Å². The van der Waals surface area contributed by atoms with Crippen LogP contribution in [0.4, 0.5) is 5.69 Å². The van der Waals surface area contributed by atoms with Gasteiger partial charge in [0.15, 0.2) is 18.1 Å². The van der Waals surface area contributed by atoms with Crippen LogP contribution in [-0.2, 0) is 19.1 Å². The summed E-state index contributed by atoms with van der Waals surface area (Å²) in [5, 5.41) is 9.11. The quantitative estimate of drug-likeness (QED) is 0.184. The van der Waals surface area contributed by atoms with Crippen molar-refractivity contribution in [2.24, 2.45) is 5.10 Å². The van der Waals surface area contributed by atoms with E-state index in [1.54, 1.807) is 24.3 Å². The fourth-order valence-electron chi connectivity index (χ4n) is 2.87. The molecule has 0 aliphatic carbocycles. The Bertz CT molecular complexity index is 1040. The van der Waals surface area contributed by atoms with Gasteiger partial charge in [0, 0.05) is 24.4 Å². The van der Waals surface area contributed by atoms with E-state index in [0.29, 0.717) is 36.6 Å². The Labute approximate surface area is 205 Å². The summed E-state index contributed by atoms with van der Waals surface area (Å²) in [6, 6.07) is 12.4.